The summed E-state index contributed by atoms with van der Waals surface area (Å²) >= 11 is 0. The van der Waals surface area contributed by atoms with Crippen LogP contribution in [0.2, 0.25) is 0 Å². The Labute approximate surface area is 141 Å². The molecule has 3 rings (SSSR count). The summed E-state index contributed by atoms with van der Waals surface area (Å²) in [5, 5.41) is 0.769. The van der Waals surface area contributed by atoms with Gasteiger partial charge in [0.15, 0.2) is 0 Å². The van der Waals surface area contributed by atoms with Gasteiger partial charge in [0.25, 0.3) is 0 Å². The lowest BCUT2D eigenvalue weighted by Gasteiger charge is -2.09. The predicted octanol–water partition coefficient (Wildman–Crippen LogP) is 4.55. The fourth-order valence-electron chi connectivity index (χ4n) is 2.41. The first-order valence-corrected chi connectivity index (χ1v) is 7.37. The van der Waals surface area contributed by atoms with Crippen LogP contribution in [0.15, 0.2) is 48.5 Å². The lowest BCUT2D eigenvalue weighted by Crippen LogP contribution is -2.08. The number of esters is 1. The number of fused-ring (bicyclic) bond motifs is 1. The van der Waals surface area contributed by atoms with Crippen LogP contribution in [0.25, 0.3) is 10.9 Å². The zero-order valence-electron chi connectivity index (χ0n) is 13.2. The van der Waals surface area contributed by atoms with E-state index in [2.05, 4.69) is 4.98 Å². The summed E-state index contributed by atoms with van der Waals surface area (Å²) in [6.45, 7) is -0.249. The number of hydrogen-bond donors (Lipinski definition) is 1. The third-order valence-electron chi connectivity index (χ3n) is 3.67. The first kappa shape index (κ1) is 16.9. The van der Waals surface area contributed by atoms with Crippen molar-refractivity contribution in [1.82, 2.24) is 4.98 Å². The Kier molecular flexibility index (Phi) is 4.39. The monoisotopic (exact) mass is 349 g/mol. The minimum absolute atomic E-state index is 0.218. The van der Waals surface area contributed by atoms with Crippen LogP contribution in [0.1, 0.15) is 21.6 Å². The lowest BCUT2D eigenvalue weighted by atomic mass is 10.1. The Balaban J connectivity index is 1.72. The molecule has 0 radical (unpaired) electrons. The topological polar surface area (TPSA) is 51.3 Å². The number of benzene rings is 2. The summed E-state index contributed by atoms with van der Waals surface area (Å²) in [5.41, 5.74) is 0.432. The molecule has 25 heavy (non-hydrogen) atoms. The van der Waals surface area contributed by atoms with Crippen LogP contribution >= 0.6 is 0 Å². The van der Waals surface area contributed by atoms with E-state index in [1.807, 2.05) is 0 Å². The van der Waals surface area contributed by atoms with E-state index in [9.17, 15) is 18.0 Å². The van der Waals surface area contributed by atoms with Crippen LogP contribution in [0.5, 0.6) is 5.75 Å². The van der Waals surface area contributed by atoms with E-state index in [1.165, 1.54) is 19.2 Å². The Morgan fingerprint density at radius 1 is 1.12 bits per heavy atom. The molecule has 0 amide bonds. The number of aromatic amines is 1. The molecule has 4 nitrogen and oxygen atoms in total. The zero-order valence-corrected chi connectivity index (χ0v) is 13.2. The van der Waals surface area contributed by atoms with Crippen molar-refractivity contribution >= 4 is 16.9 Å². The number of halogens is 3. The number of ether oxygens (including phenoxy) is 2. The average molecular weight is 349 g/mol. The van der Waals surface area contributed by atoms with E-state index < -0.39 is 17.7 Å². The highest BCUT2D eigenvalue weighted by Gasteiger charge is 2.30. The molecule has 3 aromatic rings. The van der Waals surface area contributed by atoms with Gasteiger partial charge in [-0.25, -0.2) is 4.79 Å². The molecule has 0 aliphatic heterocycles. The maximum Gasteiger partial charge on any atom is 0.416 e. The highest BCUT2D eigenvalue weighted by Crippen LogP contribution is 2.29. The highest BCUT2D eigenvalue weighted by atomic mass is 19.4. The number of H-pyrrole nitrogens is 1. The molecule has 0 aliphatic rings. The SMILES string of the molecule is COc1ccc2[nH]c(C(=O)OCc3cccc(C(F)(F)F)c3)cc2c1. The Bertz CT molecular complexity index is 915. The summed E-state index contributed by atoms with van der Waals surface area (Å²) in [5.74, 6) is 0.00274. The minimum Gasteiger partial charge on any atom is -0.497 e. The van der Waals surface area contributed by atoms with Gasteiger partial charge >= 0.3 is 12.1 Å². The van der Waals surface area contributed by atoms with Crippen molar-refractivity contribution in [3.8, 4) is 5.75 Å². The average Bonchev–Trinajstić information content (AvgIpc) is 3.02. The zero-order chi connectivity index (χ0) is 18.0. The number of aromatic nitrogens is 1. The molecular weight excluding hydrogens is 335 g/mol. The number of rotatable bonds is 4. The molecule has 1 aromatic heterocycles. The molecule has 0 atom stereocenters. The first-order chi connectivity index (χ1) is 11.9. The Morgan fingerprint density at radius 3 is 2.64 bits per heavy atom. The third-order valence-corrected chi connectivity index (χ3v) is 3.67. The van der Waals surface area contributed by atoms with E-state index in [4.69, 9.17) is 9.47 Å². The largest absolute Gasteiger partial charge is 0.497 e. The van der Waals surface area contributed by atoms with Crippen molar-refractivity contribution in [1.29, 1.82) is 0 Å². The summed E-state index contributed by atoms with van der Waals surface area (Å²) in [4.78, 5) is 15.0. The third kappa shape index (κ3) is 3.76. The molecule has 1 heterocycles. The number of carbonyl (C=O) groups is 1. The van der Waals surface area contributed by atoms with Crippen LogP contribution in [0, 0.1) is 0 Å². The van der Waals surface area contributed by atoms with E-state index in [0.717, 1.165) is 23.0 Å². The van der Waals surface area contributed by atoms with Gasteiger partial charge in [0, 0.05) is 10.9 Å². The highest BCUT2D eigenvalue weighted by molar-refractivity contribution is 5.95. The maximum absolute atomic E-state index is 12.7. The second-order valence-electron chi connectivity index (χ2n) is 5.41. The van der Waals surface area contributed by atoms with Crippen LogP contribution < -0.4 is 4.74 Å². The number of carbonyl (C=O) groups excluding carboxylic acids is 1. The van der Waals surface area contributed by atoms with Gasteiger partial charge in [0.05, 0.1) is 12.7 Å². The van der Waals surface area contributed by atoms with E-state index in [0.29, 0.717) is 5.75 Å². The summed E-state index contributed by atoms with van der Waals surface area (Å²) in [7, 11) is 1.54. The quantitative estimate of drug-likeness (QED) is 0.703. The second-order valence-corrected chi connectivity index (χ2v) is 5.41. The van der Waals surface area contributed by atoms with Gasteiger partial charge < -0.3 is 14.5 Å². The molecule has 0 saturated carbocycles. The Hall–Kier alpha value is -2.96. The van der Waals surface area contributed by atoms with Crippen LogP contribution in [-0.2, 0) is 17.5 Å². The van der Waals surface area contributed by atoms with E-state index >= 15 is 0 Å². The maximum atomic E-state index is 12.7. The van der Waals surface area contributed by atoms with E-state index in [1.54, 1.807) is 24.3 Å². The van der Waals surface area contributed by atoms with Gasteiger partial charge in [-0.05, 0) is 42.0 Å². The first-order valence-electron chi connectivity index (χ1n) is 7.37. The molecule has 0 bridgehead atoms. The van der Waals surface area contributed by atoms with Crippen molar-refractivity contribution in [3.63, 3.8) is 0 Å². The number of hydrogen-bond acceptors (Lipinski definition) is 3. The number of nitrogens with one attached hydrogen (secondary N) is 1. The van der Waals surface area contributed by atoms with Crippen LogP contribution in [0.3, 0.4) is 0 Å². The summed E-state index contributed by atoms with van der Waals surface area (Å²) in [6.07, 6.45) is -4.43. The molecule has 2 aromatic carbocycles. The van der Waals surface area contributed by atoms with Gasteiger partial charge in [0.2, 0.25) is 0 Å². The molecule has 130 valence electrons. The summed E-state index contributed by atoms with van der Waals surface area (Å²) < 4.78 is 48.3. The summed E-state index contributed by atoms with van der Waals surface area (Å²) in [6, 6.07) is 11.6. The van der Waals surface area contributed by atoms with Crippen LogP contribution in [-0.4, -0.2) is 18.1 Å². The molecule has 0 fully saturated rings. The molecule has 7 heteroatoms. The second kappa shape index (κ2) is 6.51. The van der Waals surface area contributed by atoms with Gasteiger partial charge in [0.1, 0.15) is 18.1 Å². The van der Waals surface area contributed by atoms with Crippen molar-refractivity contribution in [2.75, 3.05) is 7.11 Å². The number of alkyl halides is 3. The molecule has 0 aliphatic carbocycles. The van der Waals surface area contributed by atoms with E-state index in [-0.39, 0.29) is 17.9 Å². The van der Waals surface area contributed by atoms with Crippen molar-refractivity contribution in [2.24, 2.45) is 0 Å². The van der Waals surface area contributed by atoms with Gasteiger partial charge in [-0.1, -0.05) is 12.1 Å². The lowest BCUT2D eigenvalue weighted by molar-refractivity contribution is -0.137. The standard InChI is InChI=1S/C18H14F3NO3/c1-24-14-5-6-15-12(8-14)9-16(22-15)17(23)25-10-11-3-2-4-13(7-11)18(19,20)21/h2-9,22H,10H2,1H3. The molecule has 0 spiro atoms. The fraction of sp³-hybridized carbons (Fsp3) is 0.167. The smallest absolute Gasteiger partial charge is 0.416 e. The molecule has 0 saturated heterocycles. The molecule has 1 N–H and O–H groups in total. The molecular formula is C18H14F3NO3. The van der Waals surface area contributed by atoms with Gasteiger partial charge in [-0.15, -0.1) is 0 Å². The van der Waals surface area contributed by atoms with Gasteiger partial charge in [-0.3, -0.25) is 0 Å². The van der Waals surface area contributed by atoms with Gasteiger partial charge in [-0.2, -0.15) is 13.2 Å². The van der Waals surface area contributed by atoms with Crippen LogP contribution in [0.4, 0.5) is 13.2 Å². The van der Waals surface area contributed by atoms with Crippen molar-refractivity contribution < 1.29 is 27.4 Å². The predicted molar refractivity (Wildman–Crippen MR) is 85.4 cm³/mol. The minimum atomic E-state index is -4.43. The van der Waals surface area contributed by atoms with Crippen molar-refractivity contribution in [3.05, 3.63) is 65.4 Å². The number of methoxy groups -OCH3 is 1. The normalized spacial score (nSPS) is 11.5. The van der Waals surface area contributed by atoms with Crippen molar-refractivity contribution in [2.45, 2.75) is 12.8 Å². The molecule has 0 unspecified atom stereocenters. The fourth-order valence-corrected chi connectivity index (χ4v) is 2.41. The Morgan fingerprint density at radius 2 is 1.92 bits per heavy atom.